The van der Waals surface area contributed by atoms with Gasteiger partial charge in [0.15, 0.2) is 0 Å². The summed E-state index contributed by atoms with van der Waals surface area (Å²) in [5.74, 6) is -0.620. The molecular formula is C15H14ClNO4S. The van der Waals surface area contributed by atoms with Gasteiger partial charge in [-0.2, -0.15) is 0 Å². The van der Waals surface area contributed by atoms with E-state index in [2.05, 4.69) is 9.46 Å². The van der Waals surface area contributed by atoms with Crippen molar-refractivity contribution in [2.45, 2.75) is 11.8 Å². The molecule has 2 aromatic carbocycles. The lowest BCUT2D eigenvalue weighted by Gasteiger charge is -2.12. The molecule has 2 rings (SSSR count). The van der Waals surface area contributed by atoms with Crippen LogP contribution in [0.15, 0.2) is 47.4 Å². The highest BCUT2D eigenvalue weighted by Crippen LogP contribution is 2.23. The number of hydrogen-bond acceptors (Lipinski definition) is 4. The summed E-state index contributed by atoms with van der Waals surface area (Å²) in [5.41, 5.74) is 0.937. The summed E-state index contributed by atoms with van der Waals surface area (Å²) in [6.07, 6.45) is 0. The molecule has 0 fully saturated rings. The normalized spacial score (nSPS) is 11.0. The molecule has 7 heteroatoms. The van der Waals surface area contributed by atoms with Gasteiger partial charge in [0.05, 0.1) is 23.3 Å². The molecular weight excluding hydrogens is 326 g/mol. The second kappa shape index (κ2) is 6.37. The molecule has 0 radical (unpaired) electrons. The van der Waals surface area contributed by atoms with E-state index in [1.165, 1.54) is 37.4 Å². The average Bonchev–Trinajstić information content (AvgIpc) is 2.49. The first-order valence-electron chi connectivity index (χ1n) is 6.31. The number of anilines is 1. The van der Waals surface area contributed by atoms with Gasteiger partial charge in [0.25, 0.3) is 10.0 Å². The summed E-state index contributed by atoms with van der Waals surface area (Å²) < 4.78 is 31.9. The number of rotatable bonds is 4. The van der Waals surface area contributed by atoms with E-state index in [0.717, 1.165) is 0 Å². The summed E-state index contributed by atoms with van der Waals surface area (Å²) >= 11 is 5.90. The number of para-hydroxylation sites is 1. The number of benzene rings is 2. The Morgan fingerprint density at radius 2 is 1.86 bits per heavy atom. The fraction of sp³-hybridized carbons (Fsp3) is 0.133. The van der Waals surface area contributed by atoms with E-state index in [1.807, 2.05) is 0 Å². The van der Waals surface area contributed by atoms with Crippen molar-refractivity contribution in [1.82, 2.24) is 0 Å². The number of halogens is 1. The lowest BCUT2D eigenvalue weighted by atomic mass is 10.2. The topological polar surface area (TPSA) is 72.5 Å². The molecule has 0 aromatic heterocycles. The number of methoxy groups -OCH3 is 1. The highest BCUT2D eigenvalue weighted by atomic mass is 35.5. The minimum Gasteiger partial charge on any atom is -0.465 e. The number of sulfonamides is 1. The van der Waals surface area contributed by atoms with Crippen LogP contribution in [0.4, 0.5) is 5.69 Å². The van der Waals surface area contributed by atoms with Gasteiger partial charge in [0.2, 0.25) is 0 Å². The van der Waals surface area contributed by atoms with Crippen LogP contribution in [-0.2, 0) is 14.8 Å². The lowest BCUT2D eigenvalue weighted by molar-refractivity contribution is 0.0602. The summed E-state index contributed by atoms with van der Waals surface area (Å²) in [5, 5.41) is 0.480. The first-order chi connectivity index (χ1) is 10.3. The van der Waals surface area contributed by atoms with Gasteiger partial charge in [-0.3, -0.25) is 4.72 Å². The fourth-order valence-corrected chi connectivity index (χ4v) is 3.13. The highest BCUT2D eigenvalue weighted by molar-refractivity contribution is 7.92. The van der Waals surface area contributed by atoms with Crippen LogP contribution in [0.25, 0.3) is 0 Å². The molecule has 0 saturated heterocycles. The Morgan fingerprint density at radius 1 is 1.18 bits per heavy atom. The molecule has 0 amide bonds. The molecule has 0 unspecified atom stereocenters. The zero-order chi connectivity index (χ0) is 16.3. The standard InChI is InChI=1S/C15H14ClNO4S/c1-10-9-11(7-8-13(10)16)22(19,20)17-14-6-4-3-5-12(14)15(18)21-2/h3-9,17H,1-2H3. The van der Waals surface area contributed by atoms with Crippen molar-refractivity contribution in [2.75, 3.05) is 11.8 Å². The summed E-state index contributed by atoms with van der Waals surface area (Å²) in [7, 11) is -2.60. The van der Waals surface area contributed by atoms with E-state index in [9.17, 15) is 13.2 Å². The SMILES string of the molecule is COC(=O)c1ccccc1NS(=O)(=O)c1ccc(Cl)c(C)c1. The molecule has 22 heavy (non-hydrogen) atoms. The van der Waals surface area contributed by atoms with Crippen LogP contribution >= 0.6 is 11.6 Å². The second-order valence-corrected chi connectivity index (χ2v) is 6.64. The first-order valence-corrected chi connectivity index (χ1v) is 8.17. The first kappa shape index (κ1) is 16.3. The van der Waals surface area contributed by atoms with Crippen molar-refractivity contribution in [1.29, 1.82) is 0 Å². The van der Waals surface area contributed by atoms with E-state index in [4.69, 9.17) is 11.6 Å². The number of aryl methyl sites for hydroxylation is 1. The maximum Gasteiger partial charge on any atom is 0.339 e. The highest BCUT2D eigenvalue weighted by Gasteiger charge is 2.19. The minimum atomic E-state index is -3.83. The number of ether oxygens (including phenoxy) is 1. The van der Waals surface area contributed by atoms with E-state index in [0.29, 0.717) is 10.6 Å². The molecule has 2 aromatic rings. The van der Waals surface area contributed by atoms with Crippen LogP contribution in [0.1, 0.15) is 15.9 Å². The lowest BCUT2D eigenvalue weighted by Crippen LogP contribution is -2.16. The van der Waals surface area contributed by atoms with Gasteiger partial charge in [-0.25, -0.2) is 13.2 Å². The van der Waals surface area contributed by atoms with Crippen molar-refractivity contribution in [3.63, 3.8) is 0 Å². The summed E-state index contributed by atoms with van der Waals surface area (Å²) in [6.45, 7) is 1.71. The zero-order valence-corrected chi connectivity index (χ0v) is 13.5. The van der Waals surface area contributed by atoms with Gasteiger partial charge < -0.3 is 4.74 Å². The number of nitrogens with one attached hydrogen (secondary N) is 1. The van der Waals surface area contributed by atoms with Gasteiger partial charge in [-0.1, -0.05) is 23.7 Å². The van der Waals surface area contributed by atoms with Crippen LogP contribution in [-0.4, -0.2) is 21.5 Å². The van der Waals surface area contributed by atoms with Crippen LogP contribution < -0.4 is 4.72 Å². The van der Waals surface area contributed by atoms with Crippen LogP contribution in [0, 0.1) is 6.92 Å². The maximum atomic E-state index is 12.4. The van der Waals surface area contributed by atoms with E-state index < -0.39 is 16.0 Å². The van der Waals surface area contributed by atoms with Crippen molar-refractivity contribution in [3.8, 4) is 0 Å². The molecule has 1 N–H and O–H groups in total. The van der Waals surface area contributed by atoms with Crippen molar-refractivity contribution in [2.24, 2.45) is 0 Å². The molecule has 0 saturated carbocycles. The van der Waals surface area contributed by atoms with Gasteiger partial charge in [0.1, 0.15) is 0 Å². The summed E-state index contributed by atoms with van der Waals surface area (Å²) in [6, 6.07) is 10.6. The van der Waals surface area contributed by atoms with Gasteiger partial charge >= 0.3 is 5.97 Å². The Balaban J connectivity index is 2.41. The molecule has 0 aliphatic carbocycles. The Labute approximate surface area is 133 Å². The smallest absolute Gasteiger partial charge is 0.339 e. The van der Waals surface area contributed by atoms with Crippen LogP contribution in [0.2, 0.25) is 5.02 Å². The average molecular weight is 340 g/mol. The van der Waals surface area contributed by atoms with Crippen LogP contribution in [0.5, 0.6) is 0 Å². The Kier molecular flexibility index (Phi) is 4.73. The maximum absolute atomic E-state index is 12.4. The van der Waals surface area contributed by atoms with E-state index in [1.54, 1.807) is 19.1 Å². The fourth-order valence-electron chi connectivity index (χ4n) is 1.85. The number of carbonyl (C=O) groups is 1. The predicted octanol–water partition coefficient (Wildman–Crippen LogP) is 3.24. The number of hydrogen-bond donors (Lipinski definition) is 1. The third kappa shape index (κ3) is 3.40. The molecule has 0 bridgehead atoms. The molecule has 0 atom stereocenters. The van der Waals surface area contributed by atoms with Gasteiger partial charge in [0, 0.05) is 5.02 Å². The Morgan fingerprint density at radius 3 is 2.50 bits per heavy atom. The molecule has 0 aliphatic rings. The number of carbonyl (C=O) groups excluding carboxylic acids is 1. The third-order valence-electron chi connectivity index (χ3n) is 3.02. The Hall–Kier alpha value is -2.05. The van der Waals surface area contributed by atoms with Crippen molar-refractivity contribution in [3.05, 3.63) is 58.6 Å². The molecule has 0 heterocycles. The quantitative estimate of drug-likeness (QED) is 0.868. The van der Waals surface area contributed by atoms with Gasteiger partial charge in [-0.05, 0) is 42.8 Å². The number of esters is 1. The predicted molar refractivity (Wildman–Crippen MR) is 84.8 cm³/mol. The monoisotopic (exact) mass is 339 g/mol. The van der Waals surface area contributed by atoms with E-state index in [-0.39, 0.29) is 16.1 Å². The zero-order valence-electron chi connectivity index (χ0n) is 12.0. The molecule has 116 valence electrons. The van der Waals surface area contributed by atoms with Crippen molar-refractivity contribution >= 4 is 33.3 Å². The van der Waals surface area contributed by atoms with E-state index >= 15 is 0 Å². The minimum absolute atomic E-state index is 0.0640. The molecule has 5 nitrogen and oxygen atoms in total. The second-order valence-electron chi connectivity index (χ2n) is 4.55. The molecule has 0 aliphatic heterocycles. The Bertz CT molecular complexity index is 818. The summed E-state index contributed by atoms with van der Waals surface area (Å²) in [4.78, 5) is 11.7. The third-order valence-corrected chi connectivity index (χ3v) is 4.80. The largest absolute Gasteiger partial charge is 0.465 e. The van der Waals surface area contributed by atoms with Gasteiger partial charge in [-0.15, -0.1) is 0 Å². The van der Waals surface area contributed by atoms with Crippen LogP contribution in [0.3, 0.4) is 0 Å². The molecule has 0 spiro atoms. The van der Waals surface area contributed by atoms with Crippen molar-refractivity contribution < 1.29 is 17.9 Å².